The van der Waals surface area contributed by atoms with Crippen molar-refractivity contribution in [1.82, 2.24) is 9.97 Å². The summed E-state index contributed by atoms with van der Waals surface area (Å²) in [7, 11) is -3.82. The highest BCUT2D eigenvalue weighted by Gasteiger charge is 2.16. The number of nitrogens with zero attached hydrogens (tertiary/aromatic N) is 1. The molecule has 0 unspecified atom stereocenters. The Labute approximate surface area is 187 Å². The van der Waals surface area contributed by atoms with Gasteiger partial charge in [-0.3, -0.25) is 9.52 Å². The van der Waals surface area contributed by atoms with Gasteiger partial charge in [-0.15, -0.1) is 0 Å². The number of nitrogens with one attached hydrogen (secondary N) is 3. The third kappa shape index (κ3) is 5.01. The van der Waals surface area contributed by atoms with E-state index in [0.29, 0.717) is 17.2 Å². The van der Waals surface area contributed by atoms with Gasteiger partial charge in [0.2, 0.25) is 0 Å². The van der Waals surface area contributed by atoms with Crippen molar-refractivity contribution >= 4 is 43.2 Å². The van der Waals surface area contributed by atoms with Crippen LogP contribution in [0.2, 0.25) is 0 Å². The lowest BCUT2D eigenvalue weighted by Gasteiger charge is -2.10. The second-order valence-corrected chi connectivity index (χ2v) is 9.20. The van der Waals surface area contributed by atoms with E-state index in [-0.39, 0.29) is 10.6 Å². The Morgan fingerprint density at radius 2 is 1.65 bits per heavy atom. The van der Waals surface area contributed by atoms with Gasteiger partial charge in [0.25, 0.3) is 15.9 Å². The number of H-pyrrole nitrogens is 1. The highest BCUT2D eigenvalue weighted by atomic mass is 79.9. The average Bonchev–Trinajstić information content (AvgIpc) is 3.27. The molecule has 4 aromatic rings. The number of hydrogen-bond acceptors (Lipinski definition) is 4. The zero-order valence-corrected chi connectivity index (χ0v) is 18.4. The van der Waals surface area contributed by atoms with Crippen LogP contribution in [0.25, 0.3) is 11.4 Å². The van der Waals surface area contributed by atoms with Gasteiger partial charge in [-0.05, 0) is 42.5 Å². The Bertz CT molecular complexity index is 1320. The summed E-state index contributed by atoms with van der Waals surface area (Å²) in [6, 6.07) is 22.2. The molecular formula is C22H17BrN4O3S. The number of aromatic amines is 1. The highest BCUT2D eigenvalue weighted by Crippen LogP contribution is 2.21. The molecule has 0 aliphatic rings. The van der Waals surface area contributed by atoms with Crippen molar-refractivity contribution in [2.75, 3.05) is 10.0 Å². The number of halogens is 1. The van der Waals surface area contributed by atoms with Crippen LogP contribution in [-0.2, 0) is 10.0 Å². The van der Waals surface area contributed by atoms with Gasteiger partial charge in [0.1, 0.15) is 11.5 Å². The molecule has 0 saturated heterocycles. The molecule has 9 heteroatoms. The molecule has 0 fully saturated rings. The number of benzene rings is 3. The SMILES string of the molecule is O=C(Nc1cccc(S(=O)(=O)Nc2ccc(Br)cc2)c1)c1cnc(-c2ccccc2)[nH]1. The molecule has 0 atom stereocenters. The topological polar surface area (TPSA) is 104 Å². The maximum atomic E-state index is 12.7. The normalized spacial score (nSPS) is 11.1. The minimum Gasteiger partial charge on any atom is -0.334 e. The zero-order chi connectivity index (χ0) is 21.8. The van der Waals surface area contributed by atoms with E-state index in [1.165, 1.54) is 18.3 Å². The maximum absolute atomic E-state index is 12.7. The van der Waals surface area contributed by atoms with Crippen molar-refractivity contribution in [3.05, 3.63) is 95.2 Å². The lowest BCUT2D eigenvalue weighted by Crippen LogP contribution is -2.15. The van der Waals surface area contributed by atoms with Gasteiger partial charge in [0.15, 0.2) is 0 Å². The number of rotatable bonds is 6. The van der Waals surface area contributed by atoms with Gasteiger partial charge in [0.05, 0.1) is 11.1 Å². The number of aromatic nitrogens is 2. The Hall–Kier alpha value is -3.43. The first-order valence-corrected chi connectivity index (χ1v) is 11.5. The molecule has 7 nitrogen and oxygen atoms in total. The lowest BCUT2D eigenvalue weighted by molar-refractivity contribution is 0.102. The van der Waals surface area contributed by atoms with Crippen LogP contribution >= 0.6 is 15.9 Å². The summed E-state index contributed by atoms with van der Waals surface area (Å²) in [5.74, 6) is 0.144. The second kappa shape index (κ2) is 8.75. The molecule has 1 amide bonds. The van der Waals surface area contributed by atoms with Crippen LogP contribution in [0.5, 0.6) is 0 Å². The van der Waals surface area contributed by atoms with E-state index in [2.05, 4.69) is 35.9 Å². The fourth-order valence-corrected chi connectivity index (χ4v) is 4.22. The summed E-state index contributed by atoms with van der Waals surface area (Å²) in [6.45, 7) is 0. The monoisotopic (exact) mass is 496 g/mol. The Morgan fingerprint density at radius 3 is 2.39 bits per heavy atom. The van der Waals surface area contributed by atoms with Crippen molar-refractivity contribution < 1.29 is 13.2 Å². The molecule has 0 spiro atoms. The number of imidazole rings is 1. The molecule has 31 heavy (non-hydrogen) atoms. The van der Waals surface area contributed by atoms with Crippen LogP contribution < -0.4 is 10.0 Å². The summed E-state index contributed by atoms with van der Waals surface area (Å²) in [5.41, 5.74) is 1.90. The minimum atomic E-state index is -3.82. The second-order valence-electron chi connectivity index (χ2n) is 6.61. The molecule has 1 aromatic heterocycles. The van der Waals surface area contributed by atoms with Crippen LogP contribution in [0, 0.1) is 0 Å². The molecule has 1 heterocycles. The third-order valence-corrected chi connectivity index (χ3v) is 6.27. The van der Waals surface area contributed by atoms with Crippen molar-refractivity contribution in [1.29, 1.82) is 0 Å². The summed E-state index contributed by atoms with van der Waals surface area (Å²) in [5, 5.41) is 2.70. The number of carbonyl (C=O) groups is 1. The lowest BCUT2D eigenvalue weighted by atomic mass is 10.2. The van der Waals surface area contributed by atoms with E-state index in [0.717, 1.165) is 10.0 Å². The van der Waals surface area contributed by atoms with Crippen LogP contribution in [0.1, 0.15) is 10.5 Å². The summed E-state index contributed by atoms with van der Waals surface area (Å²) in [6.07, 6.45) is 1.44. The molecule has 0 bridgehead atoms. The Morgan fingerprint density at radius 1 is 0.903 bits per heavy atom. The van der Waals surface area contributed by atoms with Crippen LogP contribution in [0.4, 0.5) is 11.4 Å². The van der Waals surface area contributed by atoms with Crippen molar-refractivity contribution in [2.24, 2.45) is 0 Å². The van der Waals surface area contributed by atoms with E-state index in [1.54, 1.807) is 36.4 Å². The molecule has 3 aromatic carbocycles. The van der Waals surface area contributed by atoms with Gasteiger partial charge in [-0.1, -0.05) is 52.3 Å². The fourth-order valence-electron chi connectivity index (χ4n) is 2.85. The Balaban J connectivity index is 1.50. The number of sulfonamides is 1. The molecule has 4 rings (SSSR count). The molecular weight excluding hydrogens is 480 g/mol. The van der Waals surface area contributed by atoms with E-state index in [4.69, 9.17) is 0 Å². The molecule has 0 aliphatic heterocycles. The van der Waals surface area contributed by atoms with Crippen LogP contribution in [0.15, 0.2) is 94.4 Å². The molecule has 3 N–H and O–H groups in total. The van der Waals surface area contributed by atoms with E-state index in [9.17, 15) is 13.2 Å². The molecule has 0 radical (unpaired) electrons. The van der Waals surface area contributed by atoms with Gasteiger partial charge >= 0.3 is 0 Å². The first-order valence-electron chi connectivity index (χ1n) is 9.21. The summed E-state index contributed by atoms with van der Waals surface area (Å²) >= 11 is 3.31. The predicted molar refractivity (Wildman–Crippen MR) is 123 cm³/mol. The number of carbonyl (C=O) groups excluding carboxylic acids is 1. The number of anilines is 2. The quantitative estimate of drug-likeness (QED) is 0.353. The zero-order valence-electron chi connectivity index (χ0n) is 16.0. The first kappa shape index (κ1) is 20.8. The van der Waals surface area contributed by atoms with E-state index >= 15 is 0 Å². The molecule has 0 saturated carbocycles. The predicted octanol–water partition coefficient (Wildman–Crippen LogP) is 4.89. The fraction of sp³-hybridized carbons (Fsp3) is 0. The average molecular weight is 497 g/mol. The molecule has 0 aliphatic carbocycles. The minimum absolute atomic E-state index is 0.0304. The summed E-state index contributed by atoms with van der Waals surface area (Å²) in [4.78, 5) is 19.8. The van der Waals surface area contributed by atoms with Crippen molar-refractivity contribution in [2.45, 2.75) is 4.90 Å². The van der Waals surface area contributed by atoms with Gasteiger partial charge in [0, 0.05) is 21.4 Å². The van der Waals surface area contributed by atoms with Crippen molar-refractivity contribution in [3.63, 3.8) is 0 Å². The van der Waals surface area contributed by atoms with Gasteiger partial charge in [-0.25, -0.2) is 13.4 Å². The van der Waals surface area contributed by atoms with E-state index < -0.39 is 15.9 Å². The highest BCUT2D eigenvalue weighted by molar-refractivity contribution is 9.10. The number of hydrogen-bond donors (Lipinski definition) is 3. The van der Waals surface area contributed by atoms with Crippen molar-refractivity contribution in [3.8, 4) is 11.4 Å². The first-order chi connectivity index (χ1) is 14.9. The van der Waals surface area contributed by atoms with Gasteiger partial charge < -0.3 is 10.3 Å². The van der Waals surface area contributed by atoms with Gasteiger partial charge in [-0.2, -0.15) is 0 Å². The number of amides is 1. The molecule has 156 valence electrons. The standard InChI is InChI=1S/C22H17BrN4O3S/c23-16-9-11-17(12-10-16)27-31(29,30)19-8-4-7-18(13-19)25-22(28)20-14-24-21(26-20)15-5-2-1-3-6-15/h1-14,27H,(H,24,26)(H,25,28). The van der Waals surface area contributed by atoms with Crippen LogP contribution in [-0.4, -0.2) is 24.3 Å². The largest absolute Gasteiger partial charge is 0.334 e. The maximum Gasteiger partial charge on any atom is 0.273 e. The Kier molecular flexibility index (Phi) is 5.88. The smallest absolute Gasteiger partial charge is 0.273 e. The van der Waals surface area contributed by atoms with Crippen LogP contribution in [0.3, 0.4) is 0 Å². The van der Waals surface area contributed by atoms with E-state index in [1.807, 2.05) is 30.3 Å². The third-order valence-electron chi connectivity index (χ3n) is 4.37. The summed E-state index contributed by atoms with van der Waals surface area (Å²) < 4.78 is 28.8.